The van der Waals surface area contributed by atoms with E-state index in [1.165, 1.54) is 5.56 Å². The molecule has 1 unspecified atom stereocenters. The highest BCUT2D eigenvalue weighted by Gasteiger charge is 2.14. The van der Waals surface area contributed by atoms with Crippen LogP contribution < -0.4 is 0 Å². The SMILES string of the molecule is CCCc1ccc(C(O)c2cncn2CC)cc1. The Morgan fingerprint density at radius 1 is 1.22 bits per heavy atom. The summed E-state index contributed by atoms with van der Waals surface area (Å²) in [7, 11) is 0. The van der Waals surface area contributed by atoms with E-state index in [0.717, 1.165) is 30.6 Å². The van der Waals surface area contributed by atoms with E-state index >= 15 is 0 Å². The summed E-state index contributed by atoms with van der Waals surface area (Å²) in [6, 6.07) is 8.19. The van der Waals surface area contributed by atoms with Gasteiger partial charge in [0.1, 0.15) is 6.10 Å². The van der Waals surface area contributed by atoms with Gasteiger partial charge in [-0.2, -0.15) is 0 Å². The summed E-state index contributed by atoms with van der Waals surface area (Å²) in [4.78, 5) is 4.09. The number of hydrogen-bond donors (Lipinski definition) is 1. The molecule has 96 valence electrons. The first-order valence-electron chi connectivity index (χ1n) is 6.53. The molecule has 0 spiro atoms. The lowest BCUT2D eigenvalue weighted by molar-refractivity contribution is 0.210. The van der Waals surface area contributed by atoms with E-state index in [0.29, 0.717) is 0 Å². The molecule has 1 N–H and O–H groups in total. The van der Waals surface area contributed by atoms with E-state index in [-0.39, 0.29) is 0 Å². The summed E-state index contributed by atoms with van der Waals surface area (Å²) in [6.07, 6.45) is 5.12. The summed E-state index contributed by atoms with van der Waals surface area (Å²) < 4.78 is 1.96. The maximum Gasteiger partial charge on any atom is 0.121 e. The third-order valence-electron chi connectivity index (χ3n) is 3.20. The van der Waals surface area contributed by atoms with E-state index in [2.05, 4.69) is 24.0 Å². The van der Waals surface area contributed by atoms with Crippen LogP contribution in [0, 0.1) is 0 Å². The number of aromatic nitrogens is 2. The fourth-order valence-electron chi connectivity index (χ4n) is 2.15. The van der Waals surface area contributed by atoms with Gasteiger partial charge in [0.15, 0.2) is 0 Å². The van der Waals surface area contributed by atoms with Crippen LogP contribution in [0.25, 0.3) is 0 Å². The van der Waals surface area contributed by atoms with E-state index in [9.17, 15) is 5.11 Å². The zero-order valence-corrected chi connectivity index (χ0v) is 11.0. The first kappa shape index (κ1) is 12.8. The second-order valence-corrected chi connectivity index (χ2v) is 4.50. The van der Waals surface area contributed by atoms with Crippen molar-refractivity contribution < 1.29 is 5.11 Å². The molecule has 2 rings (SSSR count). The largest absolute Gasteiger partial charge is 0.382 e. The first-order chi connectivity index (χ1) is 8.76. The molecule has 0 saturated heterocycles. The normalized spacial score (nSPS) is 12.6. The molecular weight excluding hydrogens is 224 g/mol. The minimum absolute atomic E-state index is 0.594. The Labute approximate surface area is 108 Å². The third kappa shape index (κ3) is 2.62. The van der Waals surface area contributed by atoms with Crippen molar-refractivity contribution in [3.05, 3.63) is 53.6 Å². The Morgan fingerprint density at radius 2 is 1.94 bits per heavy atom. The lowest BCUT2D eigenvalue weighted by Gasteiger charge is -2.13. The number of aliphatic hydroxyl groups is 1. The van der Waals surface area contributed by atoms with E-state index in [4.69, 9.17) is 0 Å². The number of aliphatic hydroxyl groups excluding tert-OH is 1. The standard InChI is InChI=1S/C15H20N2O/c1-3-5-12-6-8-13(9-7-12)15(18)14-10-16-11-17(14)4-2/h6-11,15,18H,3-5H2,1-2H3. The van der Waals surface area contributed by atoms with Crippen LogP contribution in [0.4, 0.5) is 0 Å². The van der Waals surface area contributed by atoms with Crippen LogP contribution >= 0.6 is 0 Å². The molecule has 1 aromatic heterocycles. The van der Waals surface area contributed by atoms with Gasteiger partial charge >= 0.3 is 0 Å². The van der Waals surface area contributed by atoms with Gasteiger partial charge in [-0.1, -0.05) is 37.6 Å². The van der Waals surface area contributed by atoms with Gasteiger partial charge < -0.3 is 9.67 Å². The summed E-state index contributed by atoms with van der Waals surface area (Å²) >= 11 is 0. The number of imidazole rings is 1. The first-order valence-corrected chi connectivity index (χ1v) is 6.53. The highest BCUT2D eigenvalue weighted by molar-refractivity contribution is 5.28. The van der Waals surface area contributed by atoms with Crippen molar-refractivity contribution in [2.45, 2.75) is 39.3 Å². The molecule has 0 aliphatic rings. The molecule has 3 heteroatoms. The Morgan fingerprint density at radius 3 is 2.56 bits per heavy atom. The van der Waals surface area contributed by atoms with Crippen molar-refractivity contribution >= 4 is 0 Å². The van der Waals surface area contributed by atoms with Gasteiger partial charge in [0.2, 0.25) is 0 Å². The smallest absolute Gasteiger partial charge is 0.121 e. The quantitative estimate of drug-likeness (QED) is 0.878. The zero-order chi connectivity index (χ0) is 13.0. The highest BCUT2D eigenvalue weighted by atomic mass is 16.3. The van der Waals surface area contributed by atoms with E-state index < -0.39 is 6.10 Å². The fourth-order valence-corrected chi connectivity index (χ4v) is 2.15. The Hall–Kier alpha value is -1.61. The molecule has 2 aromatic rings. The average Bonchev–Trinajstić information content (AvgIpc) is 2.87. The van der Waals surface area contributed by atoms with E-state index in [1.807, 2.05) is 23.6 Å². The molecule has 1 heterocycles. The summed E-state index contributed by atoms with van der Waals surface area (Å²) in [6.45, 7) is 5.03. The van der Waals surface area contributed by atoms with Gasteiger partial charge in [-0.05, 0) is 24.5 Å². The predicted molar refractivity (Wildman–Crippen MR) is 72.4 cm³/mol. The molecule has 0 radical (unpaired) electrons. The van der Waals surface area contributed by atoms with Gasteiger partial charge in [-0.3, -0.25) is 0 Å². The van der Waals surface area contributed by atoms with Gasteiger partial charge in [0.05, 0.1) is 18.2 Å². The molecule has 1 aromatic carbocycles. The predicted octanol–water partition coefficient (Wildman–Crippen LogP) is 2.94. The fraction of sp³-hybridized carbons (Fsp3) is 0.400. The molecule has 0 saturated carbocycles. The minimum Gasteiger partial charge on any atom is -0.382 e. The van der Waals surface area contributed by atoms with Crippen molar-refractivity contribution in [2.24, 2.45) is 0 Å². The lowest BCUT2D eigenvalue weighted by Crippen LogP contribution is -2.07. The van der Waals surface area contributed by atoms with Crippen molar-refractivity contribution in [3.63, 3.8) is 0 Å². The Balaban J connectivity index is 2.20. The van der Waals surface area contributed by atoms with Crippen LogP contribution in [0.1, 0.15) is 43.2 Å². The average molecular weight is 244 g/mol. The molecule has 0 bridgehead atoms. The molecule has 0 amide bonds. The summed E-state index contributed by atoms with van der Waals surface area (Å²) in [5.74, 6) is 0. The monoisotopic (exact) mass is 244 g/mol. The number of hydrogen-bond acceptors (Lipinski definition) is 2. The van der Waals surface area contributed by atoms with Gasteiger partial charge in [0, 0.05) is 6.54 Å². The molecular formula is C15H20N2O. The number of aryl methyl sites for hydroxylation is 2. The van der Waals surface area contributed by atoms with Gasteiger partial charge in [0.25, 0.3) is 0 Å². The molecule has 3 nitrogen and oxygen atoms in total. The van der Waals surface area contributed by atoms with E-state index in [1.54, 1.807) is 12.5 Å². The van der Waals surface area contributed by atoms with Crippen LogP contribution in [0.3, 0.4) is 0 Å². The topological polar surface area (TPSA) is 38.1 Å². The lowest BCUT2D eigenvalue weighted by atomic mass is 10.0. The van der Waals surface area contributed by atoms with Crippen molar-refractivity contribution in [1.82, 2.24) is 9.55 Å². The molecule has 18 heavy (non-hydrogen) atoms. The Kier molecular flexibility index (Phi) is 4.15. The minimum atomic E-state index is -0.594. The number of rotatable bonds is 5. The van der Waals surface area contributed by atoms with Crippen LogP contribution in [0.15, 0.2) is 36.8 Å². The van der Waals surface area contributed by atoms with Crippen molar-refractivity contribution in [1.29, 1.82) is 0 Å². The van der Waals surface area contributed by atoms with Gasteiger partial charge in [-0.25, -0.2) is 4.98 Å². The molecule has 0 aliphatic carbocycles. The number of nitrogens with zero attached hydrogens (tertiary/aromatic N) is 2. The highest BCUT2D eigenvalue weighted by Crippen LogP contribution is 2.22. The van der Waals surface area contributed by atoms with Crippen molar-refractivity contribution in [2.75, 3.05) is 0 Å². The molecule has 0 fully saturated rings. The van der Waals surface area contributed by atoms with Gasteiger partial charge in [-0.15, -0.1) is 0 Å². The second-order valence-electron chi connectivity index (χ2n) is 4.50. The molecule has 0 aliphatic heterocycles. The maximum absolute atomic E-state index is 10.4. The van der Waals surface area contributed by atoms with Crippen LogP contribution in [-0.2, 0) is 13.0 Å². The second kappa shape index (κ2) is 5.83. The van der Waals surface area contributed by atoms with Crippen LogP contribution in [0.5, 0.6) is 0 Å². The third-order valence-corrected chi connectivity index (χ3v) is 3.20. The summed E-state index contributed by atoms with van der Waals surface area (Å²) in [5.41, 5.74) is 3.09. The Bertz CT molecular complexity index is 487. The van der Waals surface area contributed by atoms with Crippen LogP contribution in [-0.4, -0.2) is 14.7 Å². The van der Waals surface area contributed by atoms with Crippen molar-refractivity contribution in [3.8, 4) is 0 Å². The molecule has 1 atom stereocenters. The summed E-state index contributed by atoms with van der Waals surface area (Å²) in [5, 5.41) is 10.4. The van der Waals surface area contributed by atoms with Crippen LogP contribution in [0.2, 0.25) is 0 Å². The zero-order valence-electron chi connectivity index (χ0n) is 11.0. The number of benzene rings is 1. The maximum atomic E-state index is 10.4.